The predicted octanol–water partition coefficient (Wildman–Crippen LogP) is 9.40. The fourth-order valence-corrected chi connectivity index (χ4v) is 7.38. The van der Waals surface area contributed by atoms with Crippen LogP contribution in [-0.2, 0) is 24.4 Å². The summed E-state index contributed by atoms with van der Waals surface area (Å²) in [6.45, 7) is 14.3. The van der Waals surface area contributed by atoms with Gasteiger partial charge in [-0.15, -0.1) is 0 Å². The summed E-state index contributed by atoms with van der Waals surface area (Å²) >= 11 is 12.4. The van der Waals surface area contributed by atoms with E-state index in [1.165, 1.54) is 55.6 Å². The van der Waals surface area contributed by atoms with Crippen LogP contribution in [0.5, 0.6) is 5.75 Å². The molecule has 1 aliphatic heterocycles. The SMILES string of the molecule is COCCC(C)(C)OCCC(C)(C)OC(=O)c1ccc(NC(=O)C2NC(CC(C)(C)C)C(C#N)(c3ccc(Cl)cc3F)C2c2cccc(Cl)c2F)c(OC)c1. The minimum absolute atomic E-state index is 0.0365. The second-order valence-electron chi connectivity index (χ2n) is 16.3. The fourth-order valence-electron chi connectivity index (χ4n) is 7.04. The van der Waals surface area contributed by atoms with E-state index in [9.17, 15) is 14.9 Å². The number of nitriles is 1. The van der Waals surface area contributed by atoms with Crippen LogP contribution in [0.4, 0.5) is 14.5 Å². The Morgan fingerprint density at radius 3 is 2.25 bits per heavy atom. The Hall–Kier alpha value is -3.79. The molecular weight excluding hydrogens is 751 g/mol. The van der Waals surface area contributed by atoms with Crippen LogP contribution in [0.2, 0.25) is 10.0 Å². The second-order valence-corrected chi connectivity index (χ2v) is 17.2. The van der Waals surface area contributed by atoms with Gasteiger partial charge in [0.1, 0.15) is 28.4 Å². The van der Waals surface area contributed by atoms with E-state index in [0.717, 1.165) is 6.07 Å². The lowest BCUT2D eigenvalue weighted by atomic mass is 9.62. The lowest BCUT2D eigenvalue weighted by molar-refractivity contribution is -0.118. The van der Waals surface area contributed by atoms with Gasteiger partial charge in [0.2, 0.25) is 5.91 Å². The summed E-state index contributed by atoms with van der Waals surface area (Å²) in [6, 6.07) is 13.0. The zero-order valence-electron chi connectivity index (χ0n) is 32.9. The summed E-state index contributed by atoms with van der Waals surface area (Å²) < 4.78 is 54.7. The van der Waals surface area contributed by atoms with Crippen LogP contribution in [0.3, 0.4) is 0 Å². The molecule has 3 aromatic carbocycles. The van der Waals surface area contributed by atoms with Gasteiger partial charge in [0.15, 0.2) is 0 Å². The van der Waals surface area contributed by atoms with Crippen molar-refractivity contribution in [3.63, 3.8) is 0 Å². The van der Waals surface area contributed by atoms with Gasteiger partial charge in [0.05, 0.1) is 47.7 Å². The van der Waals surface area contributed by atoms with Crippen LogP contribution in [0.1, 0.15) is 95.1 Å². The molecule has 0 radical (unpaired) electrons. The third-order valence-corrected chi connectivity index (χ3v) is 10.4. The molecule has 13 heteroatoms. The first-order chi connectivity index (χ1) is 25.7. The van der Waals surface area contributed by atoms with Gasteiger partial charge >= 0.3 is 5.97 Å². The van der Waals surface area contributed by atoms with Crippen molar-refractivity contribution in [1.29, 1.82) is 5.26 Å². The Labute approximate surface area is 333 Å². The van der Waals surface area contributed by atoms with E-state index < -0.39 is 63.5 Å². The molecule has 0 bridgehead atoms. The molecule has 0 aromatic heterocycles. The number of carbonyl (C=O) groups excluding carboxylic acids is 2. The van der Waals surface area contributed by atoms with Gasteiger partial charge in [0, 0.05) is 42.7 Å². The standard InChI is InChI=1S/C42H51Cl2F2N3O6/c1-39(2,3)23-33-42(24-47,28-15-14-26(43)22-30(28)45)34(27-11-10-12-29(44)35(27)46)36(49-33)37(50)48-31-16-13-25(21-32(31)53-9)38(51)55-41(6,7)18-20-54-40(4,5)17-19-52-8/h10-16,21-22,33-34,36,49H,17-20,23H2,1-9H3,(H,48,50). The third kappa shape index (κ3) is 10.3. The van der Waals surface area contributed by atoms with Crippen molar-refractivity contribution in [3.05, 3.63) is 93.0 Å². The van der Waals surface area contributed by atoms with Gasteiger partial charge in [-0.3, -0.25) is 4.79 Å². The molecule has 4 unspecified atom stereocenters. The number of benzene rings is 3. The summed E-state index contributed by atoms with van der Waals surface area (Å²) in [5.41, 5.74) is -3.19. The first-order valence-corrected chi connectivity index (χ1v) is 18.9. The molecule has 1 fully saturated rings. The van der Waals surface area contributed by atoms with Crippen molar-refractivity contribution in [2.75, 3.05) is 32.8 Å². The maximum atomic E-state index is 16.1. The van der Waals surface area contributed by atoms with Crippen molar-refractivity contribution in [1.82, 2.24) is 5.32 Å². The minimum Gasteiger partial charge on any atom is -0.495 e. The van der Waals surface area contributed by atoms with E-state index >= 15 is 8.78 Å². The van der Waals surface area contributed by atoms with Crippen LogP contribution in [-0.4, -0.2) is 62.6 Å². The Bertz CT molecular complexity index is 1910. The Kier molecular flexibility index (Phi) is 14.0. The highest BCUT2D eigenvalue weighted by Gasteiger charge is 2.61. The van der Waals surface area contributed by atoms with Crippen molar-refractivity contribution in [3.8, 4) is 11.8 Å². The Balaban J connectivity index is 1.68. The van der Waals surface area contributed by atoms with Crippen LogP contribution >= 0.6 is 23.2 Å². The number of carbonyl (C=O) groups is 2. The second kappa shape index (κ2) is 17.6. The molecule has 0 saturated carbocycles. The van der Waals surface area contributed by atoms with Gasteiger partial charge < -0.3 is 29.6 Å². The number of amides is 1. The van der Waals surface area contributed by atoms with E-state index in [0.29, 0.717) is 32.5 Å². The van der Waals surface area contributed by atoms with Gasteiger partial charge in [-0.05, 0) is 87.9 Å². The number of rotatable bonds is 15. The molecule has 0 spiro atoms. The first-order valence-electron chi connectivity index (χ1n) is 18.1. The van der Waals surface area contributed by atoms with Crippen LogP contribution in [0, 0.1) is 28.4 Å². The smallest absolute Gasteiger partial charge is 0.338 e. The number of nitrogens with zero attached hydrogens (tertiary/aromatic N) is 1. The van der Waals surface area contributed by atoms with Gasteiger partial charge in [-0.25, -0.2) is 13.6 Å². The molecule has 4 atom stereocenters. The zero-order chi connectivity index (χ0) is 40.9. The number of ether oxygens (including phenoxy) is 4. The average Bonchev–Trinajstić information content (AvgIpc) is 3.41. The highest BCUT2D eigenvalue weighted by Crippen LogP contribution is 2.53. The topological polar surface area (TPSA) is 119 Å². The zero-order valence-corrected chi connectivity index (χ0v) is 34.4. The molecular formula is C42H51Cl2F2N3O6. The highest BCUT2D eigenvalue weighted by molar-refractivity contribution is 6.31. The maximum absolute atomic E-state index is 16.1. The van der Waals surface area contributed by atoms with Crippen LogP contribution in [0.15, 0.2) is 54.6 Å². The van der Waals surface area contributed by atoms with E-state index in [2.05, 4.69) is 16.7 Å². The molecule has 1 heterocycles. The Morgan fingerprint density at radius 2 is 1.64 bits per heavy atom. The molecule has 4 rings (SSSR count). The molecule has 55 heavy (non-hydrogen) atoms. The van der Waals surface area contributed by atoms with Gasteiger partial charge in [0.25, 0.3) is 0 Å². The molecule has 2 N–H and O–H groups in total. The predicted molar refractivity (Wildman–Crippen MR) is 210 cm³/mol. The number of halogens is 4. The number of hydrogen-bond acceptors (Lipinski definition) is 8. The summed E-state index contributed by atoms with van der Waals surface area (Å²) in [5.74, 6) is -3.98. The first kappa shape index (κ1) is 43.9. The van der Waals surface area contributed by atoms with Gasteiger partial charge in [-0.2, -0.15) is 5.26 Å². The molecule has 0 aliphatic carbocycles. The van der Waals surface area contributed by atoms with Gasteiger partial charge in [-0.1, -0.05) is 62.2 Å². The molecule has 3 aromatic rings. The highest BCUT2D eigenvalue weighted by atomic mass is 35.5. The number of anilines is 1. The summed E-state index contributed by atoms with van der Waals surface area (Å²) in [4.78, 5) is 27.8. The van der Waals surface area contributed by atoms with E-state index in [4.69, 9.17) is 42.1 Å². The largest absolute Gasteiger partial charge is 0.495 e. The third-order valence-electron chi connectivity index (χ3n) is 9.90. The summed E-state index contributed by atoms with van der Waals surface area (Å²) in [7, 11) is 3.02. The average molecular weight is 803 g/mol. The fraction of sp³-hybridized carbons (Fsp3) is 0.500. The Morgan fingerprint density at radius 1 is 0.945 bits per heavy atom. The molecule has 298 valence electrons. The summed E-state index contributed by atoms with van der Waals surface area (Å²) in [6.07, 6.45) is 1.45. The van der Waals surface area contributed by atoms with Crippen molar-refractivity contribution < 1.29 is 37.3 Å². The number of methoxy groups -OCH3 is 2. The minimum atomic E-state index is -1.80. The molecule has 1 amide bonds. The van der Waals surface area contributed by atoms with Crippen molar-refractivity contribution in [2.45, 2.75) is 102 Å². The lowest BCUT2D eigenvalue weighted by Crippen LogP contribution is -2.45. The quantitative estimate of drug-likeness (QED) is 0.146. The number of esters is 1. The normalized spacial score (nSPS) is 20.2. The van der Waals surface area contributed by atoms with E-state index in [-0.39, 0.29) is 38.2 Å². The molecule has 1 aliphatic rings. The van der Waals surface area contributed by atoms with Crippen LogP contribution < -0.4 is 15.4 Å². The number of hydrogen-bond donors (Lipinski definition) is 2. The number of nitrogens with one attached hydrogen (secondary N) is 2. The van der Waals surface area contributed by atoms with Crippen molar-refractivity contribution in [2.24, 2.45) is 5.41 Å². The monoisotopic (exact) mass is 801 g/mol. The maximum Gasteiger partial charge on any atom is 0.338 e. The van der Waals surface area contributed by atoms with Crippen LogP contribution in [0.25, 0.3) is 0 Å². The molecule has 9 nitrogen and oxygen atoms in total. The van der Waals surface area contributed by atoms with E-state index in [1.807, 2.05) is 34.6 Å². The summed E-state index contributed by atoms with van der Waals surface area (Å²) in [5, 5.41) is 17.2. The lowest BCUT2D eigenvalue weighted by Gasteiger charge is -2.37. The van der Waals surface area contributed by atoms with Crippen molar-refractivity contribution >= 4 is 40.8 Å². The van der Waals surface area contributed by atoms with E-state index in [1.54, 1.807) is 21.0 Å². The molecule has 1 saturated heterocycles.